The summed E-state index contributed by atoms with van der Waals surface area (Å²) in [5.41, 5.74) is 4.02. The zero-order valence-electron chi connectivity index (χ0n) is 32.3. The van der Waals surface area contributed by atoms with E-state index in [0.717, 1.165) is 72.6 Å². The Hall–Kier alpha value is -2.85. The maximum Gasteiger partial charge on any atom is 0.337 e. The van der Waals surface area contributed by atoms with Crippen molar-refractivity contribution in [2.75, 3.05) is 37.5 Å². The van der Waals surface area contributed by atoms with Crippen LogP contribution < -0.4 is 9.64 Å². The van der Waals surface area contributed by atoms with Gasteiger partial charge >= 0.3 is 5.97 Å². The normalized spacial score (nSPS) is 26.1. The Morgan fingerprint density at radius 3 is 2.60 bits per heavy atom. The van der Waals surface area contributed by atoms with Gasteiger partial charge in [-0.2, -0.15) is 0 Å². The van der Waals surface area contributed by atoms with Crippen LogP contribution in [0.15, 0.2) is 72.2 Å². The van der Waals surface area contributed by atoms with Crippen LogP contribution in [0.2, 0.25) is 23.2 Å². The second-order valence-electron chi connectivity index (χ2n) is 17.4. The molecule has 3 aliphatic carbocycles. The largest absolute Gasteiger partial charge is 0.490 e. The molecule has 2 heterocycles. The van der Waals surface area contributed by atoms with Crippen molar-refractivity contribution in [3.8, 4) is 5.75 Å². The fourth-order valence-corrected chi connectivity index (χ4v) is 11.1. The van der Waals surface area contributed by atoms with Crippen molar-refractivity contribution in [3.63, 3.8) is 0 Å². The van der Waals surface area contributed by atoms with Gasteiger partial charge in [-0.15, -0.1) is 0 Å². The Morgan fingerprint density at radius 1 is 1.11 bits per heavy atom. The maximum atomic E-state index is 12.8. The SMILES string of the molecule is COC(=O)c1ccc2c(c1)N(C[C@@H]1CC[C@H]1[C@H](/C=C\[C@@H]1CC[C@H]1CSc1ncccn1)O[Si](C)(C)C(C)(C)C)C[C@@]1(CCCc3cc(Cl)ccc31)CO2. The van der Waals surface area contributed by atoms with E-state index < -0.39 is 8.32 Å². The van der Waals surface area contributed by atoms with Gasteiger partial charge in [-0.05, 0) is 134 Å². The minimum atomic E-state index is -2.07. The highest BCUT2D eigenvalue weighted by Gasteiger charge is 2.47. The number of esters is 1. The molecule has 7 rings (SSSR count). The first-order valence-electron chi connectivity index (χ1n) is 19.5. The Balaban J connectivity index is 1.16. The predicted octanol–water partition coefficient (Wildman–Crippen LogP) is 10.2. The van der Waals surface area contributed by atoms with E-state index in [1.807, 2.05) is 42.7 Å². The topological polar surface area (TPSA) is 73.8 Å². The number of benzene rings is 2. The van der Waals surface area contributed by atoms with Crippen LogP contribution in [0.3, 0.4) is 0 Å². The molecule has 2 saturated carbocycles. The highest BCUT2D eigenvalue weighted by molar-refractivity contribution is 7.99. The number of aromatic nitrogens is 2. The lowest BCUT2D eigenvalue weighted by Gasteiger charge is -2.48. The monoisotopic (exact) mass is 773 g/mol. The lowest BCUT2D eigenvalue weighted by atomic mass is 9.68. The number of rotatable bonds is 11. The molecule has 284 valence electrons. The summed E-state index contributed by atoms with van der Waals surface area (Å²) in [7, 11) is -0.626. The molecule has 0 radical (unpaired) electrons. The summed E-state index contributed by atoms with van der Waals surface area (Å²) in [4.78, 5) is 24.2. The summed E-state index contributed by atoms with van der Waals surface area (Å²) in [5, 5.41) is 1.76. The van der Waals surface area contributed by atoms with Crippen molar-refractivity contribution >= 4 is 43.3 Å². The number of hydrogen-bond donors (Lipinski definition) is 0. The molecule has 2 aromatic carbocycles. The Kier molecular flexibility index (Phi) is 11.4. The van der Waals surface area contributed by atoms with E-state index in [1.165, 1.54) is 31.1 Å². The van der Waals surface area contributed by atoms with Gasteiger partial charge in [0, 0.05) is 41.7 Å². The predicted molar refractivity (Wildman–Crippen MR) is 218 cm³/mol. The first kappa shape index (κ1) is 38.4. The fraction of sp³-hybridized carbons (Fsp3) is 0.558. The second-order valence-corrected chi connectivity index (χ2v) is 23.5. The van der Waals surface area contributed by atoms with Gasteiger partial charge in [0.2, 0.25) is 0 Å². The maximum absolute atomic E-state index is 12.8. The van der Waals surface area contributed by atoms with E-state index in [2.05, 4.69) is 73.0 Å². The number of halogens is 1. The molecule has 0 unspecified atom stereocenters. The Morgan fingerprint density at radius 2 is 1.91 bits per heavy atom. The van der Waals surface area contributed by atoms with Crippen molar-refractivity contribution in [1.29, 1.82) is 0 Å². The van der Waals surface area contributed by atoms with Crippen molar-refractivity contribution < 1.29 is 18.7 Å². The number of fused-ring (bicyclic) bond motifs is 3. The second kappa shape index (κ2) is 15.7. The fourth-order valence-electron chi connectivity index (χ4n) is 8.53. The molecule has 2 fully saturated rings. The van der Waals surface area contributed by atoms with E-state index in [1.54, 1.807) is 11.8 Å². The van der Waals surface area contributed by atoms with Gasteiger partial charge < -0.3 is 18.8 Å². The number of hydrogen-bond acceptors (Lipinski definition) is 8. The van der Waals surface area contributed by atoms with Crippen LogP contribution in [-0.2, 0) is 21.0 Å². The molecule has 6 atom stereocenters. The van der Waals surface area contributed by atoms with E-state index in [9.17, 15) is 4.79 Å². The minimum Gasteiger partial charge on any atom is -0.490 e. The van der Waals surface area contributed by atoms with Gasteiger partial charge in [0.1, 0.15) is 5.75 Å². The number of nitrogens with zero attached hydrogens (tertiary/aromatic N) is 3. The zero-order valence-corrected chi connectivity index (χ0v) is 34.8. The van der Waals surface area contributed by atoms with Gasteiger partial charge in [0.15, 0.2) is 13.5 Å². The van der Waals surface area contributed by atoms with Crippen molar-refractivity contribution in [2.24, 2.45) is 23.7 Å². The molecular weight excluding hydrogens is 718 g/mol. The summed E-state index contributed by atoms with van der Waals surface area (Å²) in [6, 6.07) is 14.1. The lowest BCUT2D eigenvalue weighted by Crippen LogP contribution is -2.52. The summed E-state index contributed by atoms with van der Waals surface area (Å²) < 4.78 is 19.2. The number of anilines is 1. The van der Waals surface area contributed by atoms with Gasteiger partial charge in [0.05, 0.1) is 31.1 Å². The van der Waals surface area contributed by atoms with Crippen LogP contribution in [-0.4, -0.2) is 62.9 Å². The quantitative estimate of drug-likeness (QED) is 0.0627. The van der Waals surface area contributed by atoms with Gasteiger partial charge in [-0.3, -0.25) is 0 Å². The van der Waals surface area contributed by atoms with Crippen LogP contribution in [0, 0.1) is 23.7 Å². The number of thioether (sulfide) groups is 1. The molecule has 7 nitrogen and oxygen atoms in total. The molecule has 10 heteroatoms. The molecular formula is C43H56ClN3O4SSi. The first-order valence-corrected chi connectivity index (χ1v) is 23.8. The lowest BCUT2D eigenvalue weighted by molar-refractivity contribution is 0.0519. The number of aryl methyl sites for hydroxylation is 1. The summed E-state index contributed by atoms with van der Waals surface area (Å²) in [5.74, 6) is 3.58. The molecule has 3 aromatic rings. The van der Waals surface area contributed by atoms with Crippen LogP contribution in [0.25, 0.3) is 0 Å². The number of methoxy groups -OCH3 is 1. The number of allylic oxidation sites excluding steroid dienone is 1. The van der Waals surface area contributed by atoms with Crippen LogP contribution in [0.4, 0.5) is 5.69 Å². The van der Waals surface area contributed by atoms with Crippen molar-refractivity contribution in [1.82, 2.24) is 9.97 Å². The first-order chi connectivity index (χ1) is 25.4. The standard InChI is InChI=1S/C43H56ClN3O4SSi/c1-42(2,3)53(5,6)51-38(18-13-29-10-11-33(29)26-52-41-45-21-8-22-46-41)35-16-12-32(35)25-47-27-43(20-7-9-30-23-34(44)15-17-36(30)43)28-50-39-19-14-31(24-37(39)47)40(48)49-4/h8,13-15,17-19,21-24,29,32-33,35,38H,7,9-12,16,20,25-28H2,1-6H3/b18-13-/t29-,32-,33-,35+,38-,43-/m0/s1. The van der Waals surface area contributed by atoms with Gasteiger partial charge in [-0.1, -0.05) is 62.4 Å². The van der Waals surface area contributed by atoms with E-state index in [4.69, 9.17) is 25.5 Å². The molecule has 1 aliphatic heterocycles. The molecule has 4 aliphatic rings. The number of carbonyl (C=O) groups is 1. The van der Waals surface area contributed by atoms with E-state index in [-0.39, 0.29) is 22.5 Å². The third-order valence-electron chi connectivity index (χ3n) is 13.0. The Labute approximate surface area is 326 Å². The highest BCUT2D eigenvalue weighted by Crippen LogP contribution is 2.49. The van der Waals surface area contributed by atoms with Crippen molar-refractivity contribution in [2.45, 2.75) is 101 Å². The highest BCUT2D eigenvalue weighted by atomic mass is 35.5. The third-order valence-corrected chi connectivity index (χ3v) is 18.8. The minimum absolute atomic E-state index is 0.0663. The zero-order chi connectivity index (χ0) is 37.4. The number of carbonyl (C=O) groups excluding carboxylic acids is 1. The third kappa shape index (κ3) is 8.24. The summed E-state index contributed by atoms with van der Waals surface area (Å²) in [6.07, 6.45) is 16.6. The van der Waals surface area contributed by atoms with Gasteiger partial charge in [0.25, 0.3) is 0 Å². The molecule has 1 aromatic heterocycles. The molecule has 0 saturated heterocycles. The smallest absolute Gasteiger partial charge is 0.337 e. The molecule has 1 spiro atoms. The number of ether oxygens (including phenoxy) is 2. The van der Waals surface area contributed by atoms with Crippen LogP contribution >= 0.6 is 23.4 Å². The molecule has 0 bridgehead atoms. The molecule has 53 heavy (non-hydrogen) atoms. The Bertz CT molecular complexity index is 1800. The average molecular weight is 775 g/mol. The van der Waals surface area contributed by atoms with Crippen LogP contribution in [0.5, 0.6) is 5.75 Å². The van der Waals surface area contributed by atoms with Crippen molar-refractivity contribution in [3.05, 3.63) is 88.7 Å². The van der Waals surface area contributed by atoms with Gasteiger partial charge in [-0.25, -0.2) is 14.8 Å². The molecule has 0 N–H and O–H groups in total. The molecule has 0 amide bonds. The average Bonchev–Trinajstić information content (AvgIpc) is 3.25. The summed E-state index contributed by atoms with van der Waals surface area (Å²) >= 11 is 8.29. The van der Waals surface area contributed by atoms with Crippen LogP contribution in [0.1, 0.15) is 80.8 Å². The van der Waals surface area contributed by atoms with E-state index >= 15 is 0 Å². The van der Waals surface area contributed by atoms with E-state index in [0.29, 0.717) is 35.8 Å². The summed E-state index contributed by atoms with van der Waals surface area (Å²) in [6.45, 7) is 14.1.